The number of benzene rings is 2. The van der Waals surface area contributed by atoms with Gasteiger partial charge in [0.1, 0.15) is 17.2 Å². The van der Waals surface area contributed by atoms with Crippen molar-refractivity contribution in [3.8, 4) is 11.1 Å². The highest BCUT2D eigenvalue weighted by Gasteiger charge is 2.28. The molecule has 1 unspecified atom stereocenters. The lowest BCUT2D eigenvalue weighted by Gasteiger charge is -2.25. The number of ether oxygens (including phenoxy) is 1. The maximum absolute atomic E-state index is 14.3. The summed E-state index contributed by atoms with van der Waals surface area (Å²) < 4.78 is 40.7. The minimum absolute atomic E-state index is 0.0281. The van der Waals surface area contributed by atoms with E-state index in [1.165, 1.54) is 47.2 Å². The molecule has 3 heterocycles. The van der Waals surface area contributed by atoms with Gasteiger partial charge in [-0.2, -0.15) is 5.10 Å². The number of thiazole rings is 1. The highest BCUT2D eigenvalue weighted by Crippen LogP contribution is 2.42. The van der Waals surface area contributed by atoms with E-state index in [9.17, 15) is 13.6 Å². The number of nitrogens with one attached hydrogen (secondary N) is 2. The van der Waals surface area contributed by atoms with Crippen LogP contribution in [-0.4, -0.2) is 44.0 Å². The number of aromatic nitrogens is 4. The Labute approximate surface area is 265 Å². The molecule has 0 radical (unpaired) electrons. The van der Waals surface area contributed by atoms with Gasteiger partial charge in [-0.3, -0.25) is 4.68 Å². The van der Waals surface area contributed by atoms with Crippen molar-refractivity contribution in [3.63, 3.8) is 0 Å². The number of rotatable bonds is 8. The van der Waals surface area contributed by atoms with Crippen LogP contribution in [0.1, 0.15) is 38.1 Å². The average Bonchev–Trinajstić information content (AvgIpc) is 3.47. The van der Waals surface area contributed by atoms with Crippen LogP contribution in [0.15, 0.2) is 40.7 Å². The lowest BCUT2D eigenvalue weighted by molar-refractivity contribution is 0.0502. The number of aryl methyl sites for hydroxylation is 1. The second-order valence-electron chi connectivity index (χ2n) is 10.7. The highest BCUT2D eigenvalue weighted by molar-refractivity contribution is 8.00. The monoisotopic (exact) mass is 662 g/mol. The van der Waals surface area contributed by atoms with Gasteiger partial charge in [-0.05, 0) is 63.3 Å². The summed E-state index contributed by atoms with van der Waals surface area (Å²) in [6, 6.07) is 8.08. The Morgan fingerprint density at radius 3 is 2.49 bits per heavy atom. The van der Waals surface area contributed by atoms with E-state index in [1.807, 2.05) is 31.7 Å². The van der Waals surface area contributed by atoms with Gasteiger partial charge >= 0.3 is 6.09 Å². The zero-order valence-electron chi connectivity index (χ0n) is 24.2. The van der Waals surface area contributed by atoms with E-state index < -0.39 is 29.4 Å². The Balaban J connectivity index is 1.77. The van der Waals surface area contributed by atoms with Crippen molar-refractivity contribution in [1.82, 2.24) is 25.1 Å². The Kier molecular flexibility index (Phi) is 9.07. The molecule has 3 aromatic heterocycles. The van der Waals surface area contributed by atoms with Gasteiger partial charge in [-0.25, -0.2) is 23.5 Å². The quantitative estimate of drug-likeness (QED) is 0.126. The Hall–Kier alpha value is -3.13. The molecule has 2 N–H and O–H groups in total. The molecule has 0 fully saturated rings. The second kappa shape index (κ2) is 12.5. The largest absolute Gasteiger partial charge is 0.444 e. The number of nitrogens with zero attached hydrogens (tertiary/aromatic N) is 4. The summed E-state index contributed by atoms with van der Waals surface area (Å²) in [7, 11) is 1.82. The first-order chi connectivity index (χ1) is 20.4. The van der Waals surface area contributed by atoms with Crippen molar-refractivity contribution >= 4 is 79.8 Å². The smallest absolute Gasteiger partial charge is 0.408 e. The predicted octanol–water partition coefficient (Wildman–Crippen LogP) is 8.40. The van der Waals surface area contributed by atoms with E-state index in [2.05, 4.69) is 20.1 Å². The molecule has 0 saturated heterocycles. The Bertz CT molecular complexity index is 1820. The molecule has 1 atom stereocenters. The number of alkyl carbamates (subject to hydrolysis) is 1. The van der Waals surface area contributed by atoms with Crippen molar-refractivity contribution in [2.24, 2.45) is 7.05 Å². The molecule has 0 aliphatic carbocycles. The molecule has 226 valence electrons. The van der Waals surface area contributed by atoms with Crippen LogP contribution in [0.3, 0.4) is 0 Å². The fourth-order valence-electron chi connectivity index (χ4n) is 4.82. The SMILES string of the molecule is CSNc1nn(C)c2c(-c3cc4sc(SC)nc4nc3C(Cc3cc(F)cc(F)c3)NC(=O)OC(C)(C)C)ccc(Cl)c12. The molecule has 0 saturated carbocycles. The zero-order valence-corrected chi connectivity index (χ0v) is 27.4. The highest BCUT2D eigenvalue weighted by atomic mass is 35.5. The number of halogens is 3. The summed E-state index contributed by atoms with van der Waals surface area (Å²) in [5.74, 6) is -0.836. The minimum atomic E-state index is -0.849. The first-order valence-electron chi connectivity index (χ1n) is 13.1. The molecule has 0 spiro atoms. The van der Waals surface area contributed by atoms with E-state index in [4.69, 9.17) is 21.3 Å². The van der Waals surface area contributed by atoms with Crippen LogP contribution in [-0.2, 0) is 18.2 Å². The van der Waals surface area contributed by atoms with Crippen molar-refractivity contribution in [3.05, 3.63) is 64.3 Å². The van der Waals surface area contributed by atoms with E-state index in [0.29, 0.717) is 33.3 Å². The molecule has 2 aromatic carbocycles. The van der Waals surface area contributed by atoms with E-state index in [-0.39, 0.29) is 6.42 Å². The molecule has 0 bridgehead atoms. The fourth-order valence-corrected chi connectivity index (χ4v) is 6.86. The van der Waals surface area contributed by atoms with Gasteiger partial charge < -0.3 is 14.8 Å². The number of thioether (sulfide) groups is 1. The number of amides is 1. The third kappa shape index (κ3) is 6.84. The third-order valence-electron chi connectivity index (χ3n) is 6.38. The third-order valence-corrected chi connectivity index (χ3v) is 9.07. The number of fused-ring (bicyclic) bond motifs is 2. The van der Waals surface area contributed by atoms with Crippen molar-refractivity contribution in [2.75, 3.05) is 17.2 Å². The maximum Gasteiger partial charge on any atom is 0.408 e. The van der Waals surface area contributed by atoms with Gasteiger partial charge in [0.05, 0.1) is 32.4 Å². The molecule has 5 aromatic rings. The van der Waals surface area contributed by atoms with Gasteiger partial charge in [0.25, 0.3) is 0 Å². The minimum Gasteiger partial charge on any atom is -0.444 e. The molecule has 0 aliphatic heterocycles. The van der Waals surface area contributed by atoms with Crippen molar-refractivity contribution in [1.29, 1.82) is 0 Å². The van der Waals surface area contributed by atoms with Crippen LogP contribution >= 0.6 is 46.6 Å². The van der Waals surface area contributed by atoms with Crippen LogP contribution in [0.4, 0.5) is 19.4 Å². The normalized spacial score (nSPS) is 12.6. The average molecular weight is 663 g/mol. The number of anilines is 1. The van der Waals surface area contributed by atoms with Crippen molar-refractivity contribution < 1.29 is 18.3 Å². The molecule has 14 heteroatoms. The summed E-state index contributed by atoms with van der Waals surface area (Å²) in [6.07, 6.45) is 3.16. The van der Waals surface area contributed by atoms with Crippen LogP contribution < -0.4 is 10.0 Å². The first kappa shape index (κ1) is 31.3. The number of hydrogen-bond donors (Lipinski definition) is 2. The molecular formula is C29H29ClF2N6O2S3. The van der Waals surface area contributed by atoms with Crippen LogP contribution in [0.2, 0.25) is 5.02 Å². The summed E-state index contributed by atoms with van der Waals surface area (Å²) in [6.45, 7) is 5.27. The van der Waals surface area contributed by atoms with Crippen molar-refractivity contribution in [2.45, 2.75) is 43.2 Å². The summed E-state index contributed by atoms with van der Waals surface area (Å²) in [5.41, 5.74) is 2.69. The van der Waals surface area contributed by atoms with Crippen LogP contribution in [0.5, 0.6) is 0 Å². The second-order valence-corrected chi connectivity index (χ2v) is 13.8. The van der Waals surface area contributed by atoms with Crippen LogP contribution in [0, 0.1) is 11.6 Å². The molecule has 43 heavy (non-hydrogen) atoms. The molecule has 8 nitrogen and oxygen atoms in total. The number of hydrogen-bond acceptors (Lipinski definition) is 9. The standard InChI is InChI=1S/C29H29ClF2N6O2S3/c1-29(2,3)40-27(39)33-20(11-14-9-15(31)12-16(32)10-14)23-18(13-21-25(34-23)35-28(41-5)43-21)17-7-8-19(30)22-24(17)38(4)36-26(22)37-42-6/h7-10,12-13,20H,11H2,1-6H3,(H,33,39)(H,36,37). The number of pyridine rings is 1. The molecule has 5 rings (SSSR count). The van der Waals surface area contributed by atoms with E-state index >= 15 is 0 Å². The van der Waals surface area contributed by atoms with Crippen LogP contribution in [0.25, 0.3) is 32.4 Å². The number of carbonyl (C=O) groups excluding carboxylic acids is 1. The van der Waals surface area contributed by atoms with Gasteiger partial charge in [-0.15, -0.1) is 11.3 Å². The Morgan fingerprint density at radius 1 is 1.12 bits per heavy atom. The molecule has 0 aliphatic rings. The van der Waals surface area contributed by atoms with Gasteiger partial charge in [0.2, 0.25) is 0 Å². The summed E-state index contributed by atoms with van der Waals surface area (Å²) in [4.78, 5) is 22.8. The van der Waals surface area contributed by atoms with E-state index in [0.717, 1.165) is 31.6 Å². The molecule has 1 amide bonds. The van der Waals surface area contributed by atoms with Gasteiger partial charge in [0.15, 0.2) is 15.8 Å². The number of carbonyl (C=O) groups is 1. The fraction of sp³-hybridized carbons (Fsp3) is 0.310. The lowest BCUT2D eigenvalue weighted by Crippen LogP contribution is -2.36. The van der Waals surface area contributed by atoms with Gasteiger partial charge in [-0.1, -0.05) is 41.4 Å². The van der Waals surface area contributed by atoms with Gasteiger partial charge in [0, 0.05) is 30.5 Å². The predicted molar refractivity (Wildman–Crippen MR) is 173 cm³/mol. The molecular weight excluding hydrogens is 634 g/mol. The van der Waals surface area contributed by atoms with E-state index in [1.54, 1.807) is 31.5 Å². The zero-order chi connectivity index (χ0) is 31.1. The lowest BCUT2D eigenvalue weighted by atomic mass is 9.94. The maximum atomic E-state index is 14.3. The Morgan fingerprint density at radius 2 is 1.84 bits per heavy atom. The summed E-state index contributed by atoms with van der Waals surface area (Å²) in [5, 5.41) is 8.80. The topological polar surface area (TPSA) is 94.0 Å². The summed E-state index contributed by atoms with van der Waals surface area (Å²) >= 11 is 11.1. The first-order valence-corrected chi connectivity index (χ1v) is 16.8.